The number of likely N-dealkylation sites (N-methyl/N-ethyl adjacent to an activating group) is 1. The summed E-state index contributed by atoms with van der Waals surface area (Å²) in [6.45, 7) is 8.71. The fourth-order valence-corrected chi connectivity index (χ4v) is 3.33. The lowest BCUT2D eigenvalue weighted by atomic mass is 10.0. The number of rotatable bonds is 6. The highest BCUT2D eigenvalue weighted by atomic mass is 16.5. The van der Waals surface area contributed by atoms with Crippen LogP contribution in [0.1, 0.15) is 26.2 Å². The third kappa shape index (κ3) is 3.05. The molecule has 0 aromatic carbocycles. The summed E-state index contributed by atoms with van der Waals surface area (Å²) < 4.78 is 5.59. The predicted octanol–water partition coefficient (Wildman–Crippen LogP) is 0.437. The number of nitrogens with one attached hydrogen (secondary N) is 2. The molecule has 3 aliphatic rings. The molecule has 2 aliphatic heterocycles. The van der Waals surface area contributed by atoms with Crippen molar-refractivity contribution in [2.24, 2.45) is 5.92 Å². The van der Waals surface area contributed by atoms with Crippen molar-refractivity contribution in [3.63, 3.8) is 0 Å². The first kappa shape index (κ1) is 12.9. The molecule has 1 saturated carbocycles. The first-order valence-corrected chi connectivity index (χ1v) is 7.65. The first-order chi connectivity index (χ1) is 8.86. The normalized spacial score (nSPS) is 37.5. The third-order valence-electron chi connectivity index (χ3n) is 4.62. The van der Waals surface area contributed by atoms with Gasteiger partial charge in [0.05, 0.1) is 13.2 Å². The Kier molecular flexibility index (Phi) is 4.19. The molecule has 104 valence electrons. The van der Waals surface area contributed by atoms with Gasteiger partial charge in [0.25, 0.3) is 0 Å². The van der Waals surface area contributed by atoms with Crippen LogP contribution in [0, 0.1) is 5.92 Å². The van der Waals surface area contributed by atoms with Crippen LogP contribution in [0.15, 0.2) is 0 Å². The zero-order chi connectivity index (χ0) is 12.4. The summed E-state index contributed by atoms with van der Waals surface area (Å²) >= 11 is 0. The molecule has 3 atom stereocenters. The van der Waals surface area contributed by atoms with Crippen LogP contribution < -0.4 is 10.6 Å². The van der Waals surface area contributed by atoms with Crippen LogP contribution >= 0.6 is 0 Å². The van der Waals surface area contributed by atoms with Crippen LogP contribution in [-0.2, 0) is 4.74 Å². The van der Waals surface area contributed by atoms with E-state index in [4.69, 9.17) is 4.74 Å². The molecule has 18 heavy (non-hydrogen) atoms. The summed E-state index contributed by atoms with van der Waals surface area (Å²) in [5.41, 5.74) is 0. The summed E-state index contributed by atoms with van der Waals surface area (Å²) in [6.07, 6.45) is 4.20. The van der Waals surface area contributed by atoms with E-state index in [0.717, 1.165) is 32.3 Å². The number of hydrogen-bond acceptors (Lipinski definition) is 4. The molecule has 1 aliphatic carbocycles. The van der Waals surface area contributed by atoms with Gasteiger partial charge >= 0.3 is 0 Å². The molecule has 3 fully saturated rings. The number of ether oxygens (including phenoxy) is 1. The van der Waals surface area contributed by atoms with Gasteiger partial charge in [-0.2, -0.15) is 0 Å². The molecule has 0 aromatic rings. The predicted molar refractivity (Wildman–Crippen MR) is 72.8 cm³/mol. The maximum atomic E-state index is 5.59. The molecule has 0 amide bonds. The second kappa shape index (κ2) is 5.87. The van der Waals surface area contributed by atoms with Gasteiger partial charge in [-0.15, -0.1) is 0 Å². The van der Waals surface area contributed by atoms with Crippen molar-refractivity contribution < 1.29 is 4.74 Å². The van der Waals surface area contributed by atoms with Gasteiger partial charge < -0.3 is 15.4 Å². The highest BCUT2D eigenvalue weighted by Crippen LogP contribution is 2.29. The highest BCUT2D eigenvalue weighted by Gasteiger charge is 2.35. The molecule has 0 spiro atoms. The molecule has 4 nitrogen and oxygen atoms in total. The van der Waals surface area contributed by atoms with E-state index in [-0.39, 0.29) is 0 Å². The molecule has 0 aromatic heterocycles. The van der Waals surface area contributed by atoms with E-state index < -0.39 is 0 Å². The lowest BCUT2D eigenvalue weighted by Crippen LogP contribution is -2.43. The lowest BCUT2D eigenvalue weighted by molar-refractivity contribution is 0.181. The Hall–Kier alpha value is -0.160. The smallest absolute Gasteiger partial charge is 0.0623 e. The van der Waals surface area contributed by atoms with Crippen LogP contribution in [0.5, 0.6) is 0 Å². The van der Waals surface area contributed by atoms with Crippen LogP contribution in [0.25, 0.3) is 0 Å². The average molecular weight is 253 g/mol. The molecule has 0 radical (unpaired) electrons. The van der Waals surface area contributed by atoms with E-state index in [0.29, 0.717) is 18.0 Å². The van der Waals surface area contributed by atoms with Crippen molar-refractivity contribution >= 4 is 0 Å². The van der Waals surface area contributed by atoms with Crippen molar-refractivity contribution in [1.29, 1.82) is 0 Å². The van der Waals surface area contributed by atoms with E-state index in [9.17, 15) is 0 Å². The summed E-state index contributed by atoms with van der Waals surface area (Å²) in [4.78, 5) is 2.67. The maximum absolute atomic E-state index is 5.59. The van der Waals surface area contributed by atoms with Gasteiger partial charge in [0, 0.05) is 43.7 Å². The minimum absolute atomic E-state index is 0.559. The summed E-state index contributed by atoms with van der Waals surface area (Å²) in [5.74, 6) is 0.653. The molecule has 3 unspecified atom stereocenters. The second-order valence-corrected chi connectivity index (χ2v) is 6.08. The van der Waals surface area contributed by atoms with Crippen molar-refractivity contribution in [2.45, 2.75) is 44.3 Å². The maximum Gasteiger partial charge on any atom is 0.0623 e. The second-order valence-electron chi connectivity index (χ2n) is 6.08. The number of likely N-dealkylation sites (tertiary alicyclic amines) is 1. The van der Waals surface area contributed by atoms with Gasteiger partial charge in [-0.05, 0) is 25.8 Å². The Balaban J connectivity index is 1.38. The van der Waals surface area contributed by atoms with E-state index in [1.165, 1.54) is 32.4 Å². The van der Waals surface area contributed by atoms with Gasteiger partial charge in [0.15, 0.2) is 0 Å². The molecule has 3 rings (SSSR count). The minimum Gasteiger partial charge on any atom is -0.379 e. The van der Waals surface area contributed by atoms with E-state index in [1.807, 2.05) is 0 Å². The van der Waals surface area contributed by atoms with Crippen LogP contribution in [0.4, 0.5) is 0 Å². The quantitative estimate of drug-likeness (QED) is 0.720. The first-order valence-electron chi connectivity index (χ1n) is 7.65. The fourth-order valence-electron chi connectivity index (χ4n) is 3.33. The van der Waals surface area contributed by atoms with Crippen LogP contribution in [-0.4, -0.2) is 62.4 Å². The molecule has 2 N–H and O–H groups in total. The lowest BCUT2D eigenvalue weighted by Gasteiger charge is -2.21. The Morgan fingerprint density at radius 2 is 2.06 bits per heavy atom. The Morgan fingerprint density at radius 1 is 1.17 bits per heavy atom. The minimum atomic E-state index is 0.559. The van der Waals surface area contributed by atoms with E-state index in [2.05, 4.69) is 22.5 Å². The zero-order valence-corrected chi connectivity index (χ0v) is 11.5. The van der Waals surface area contributed by atoms with E-state index in [1.54, 1.807) is 0 Å². The fraction of sp³-hybridized carbons (Fsp3) is 1.00. The van der Waals surface area contributed by atoms with Gasteiger partial charge in [0.1, 0.15) is 0 Å². The zero-order valence-electron chi connectivity index (χ0n) is 11.5. The molecular formula is C14H27N3O. The van der Waals surface area contributed by atoms with Gasteiger partial charge in [-0.1, -0.05) is 6.92 Å². The Bertz CT molecular complexity index is 270. The monoisotopic (exact) mass is 253 g/mol. The topological polar surface area (TPSA) is 36.5 Å². The summed E-state index contributed by atoms with van der Waals surface area (Å²) in [5, 5.41) is 7.29. The standard InChI is InChI=1S/C14H27N3O/c1-2-15-14-10-18-9-11(14)7-16-12-5-6-17(8-12)13-3-4-13/h11-16H,2-10H2,1H3. The molecular weight excluding hydrogens is 226 g/mol. The van der Waals surface area contributed by atoms with Crippen molar-refractivity contribution in [2.75, 3.05) is 39.4 Å². The van der Waals surface area contributed by atoms with Crippen LogP contribution in [0.2, 0.25) is 0 Å². The average Bonchev–Trinajstić information content (AvgIpc) is 2.96. The van der Waals surface area contributed by atoms with Crippen molar-refractivity contribution in [1.82, 2.24) is 15.5 Å². The molecule has 4 heteroatoms. The largest absolute Gasteiger partial charge is 0.379 e. The van der Waals surface area contributed by atoms with Crippen molar-refractivity contribution in [3.05, 3.63) is 0 Å². The highest BCUT2D eigenvalue weighted by molar-refractivity contribution is 4.92. The Labute approximate surface area is 110 Å². The van der Waals surface area contributed by atoms with Gasteiger partial charge in [0.2, 0.25) is 0 Å². The van der Waals surface area contributed by atoms with Gasteiger partial charge in [-0.3, -0.25) is 4.90 Å². The molecule has 0 bridgehead atoms. The summed E-state index contributed by atoms with van der Waals surface area (Å²) in [7, 11) is 0. The number of nitrogens with zero attached hydrogens (tertiary/aromatic N) is 1. The molecule has 2 heterocycles. The summed E-state index contributed by atoms with van der Waals surface area (Å²) in [6, 6.07) is 2.21. The van der Waals surface area contributed by atoms with Crippen LogP contribution in [0.3, 0.4) is 0 Å². The Morgan fingerprint density at radius 3 is 2.83 bits per heavy atom. The van der Waals surface area contributed by atoms with E-state index >= 15 is 0 Å². The number of hydrogen-bond donors (Lipinski definition) is 2. The van der Waals surface area contributed by atoms with Gasteiger partial charge in [-0.25, -0.2) is 0 Å². The SMILES string of the molecule is CCNC1COCC1CNC1CCN(C2CC2)C1. The molecule has 2 saturated heterocycles. The van der Waals surface area contributed by atoms with Crippen molar-refractivity contribution in [3.8, 4) is 0 Å². The third-order valence-corrected chi connectivity index (χ3v) is 4.62.